The number of hydrogen-bond donors (Lipinski definition) is 1. The molecule has 110 valence electrons. The van der Waals surface area contributed by atoms with Crippen LogP contribution in [0.15, 0.2) is 42.5 Å². The SMILES string of the molecule is CNC(=O)C1CCCN(Cc2ccc3ccccc3c2)C1. The third kappa shape index (κ3) is 3.24. The third-order valence-corrected chi connectivity index (χ3v) is 4.34. The number of likely N-dealkylation sites (tertiary alicyclic amines) is 1. The molecule has 2 aromatic rings. The van der Waals surface area contributed by atoms with Crippen LogP contribution in [-0.2, 0) is 11.3 Å². The first-order valence-electron chi connectivity index (χ1n) is 7.68. The first-order chi connectivity index (χ1) is 10.3. The lowest BCUT2D eigenvalue weighted by Gasteiger charge is -2.31. The molecule has 3 heteroatoms. The number of hydrogen-bond acceptors (Lipinski definition) is 2. The van der Waals surface area contributed by atoms with Crippen molar-refractivity contribution in [2.45, 2.75) is 19.4 Å². The van der Waals surface area contributed by atoms with E-state index in [1.807, 2.05) is 0 Å². The van der Waals surface area contributed by atoms with Crippen LogP contribution in [0.2, 0.25) is 0 Å². The summed E-state index contributed by atoms with van der Waals surface area (Å²) in [4.78, 5) is 14.2. The Bertz CT molecular complexity index is 638. The average molecular weight is 282 g/mol. The summed E-state index contributed by atoms with van der Waals surface area (Å²) in [6, 6.07) is 15.1. The lowest BCUT2D eigenvalue weighted by atomic mass is 9.96. The van der Waals surface area contributed by atoms with Gasteiger partial charge in [-0.25, -0.2) is 0 Å². The summed E-state index contributed by atoms with van der Waals surface area (Å²) < 4.78 is 0. The number of amides is 1. The van der Waals surface area contributed by atoms with Crippen molar-refractivity contribution in [3.8, 4) is 0 Å². The minimum atomic E-state index is 0.143. The zero-order valence-electron chi connectivity index (χ0n) is 12.5. The first-order valence-corrected chi connectivity index (χ1v) is 7.68. The van der Waals surface area contributed by atoms with Crippen LogP contribution < -0.4 is 5.32 Å². The molecule has 1 N–H and O–H groups in total. The lowest BCUT2D eigenvalue weighted by molar-refractivity contribution is -0.126. The smallest absolute Gasteiger partial charge is 0.224 e. The van der Waals surface area contributed by atoms with Gasteiger partial charge in [0.05, 0.1) is 5.92 Å². The molecule has 1 fully saturated rings. The molecule has 0 spiro atoms. The Morgan fingerprint density at radius 1 is 1.24 bits per heavy atom. The molecule has 0 aromatic heterocycles. The molecule has 0 bridgehead atoms. The molecule has 1 amide bonds. The van der Waals surface area contributed by atoms with Crippen LogP contribution in [0.4, 0.5) is 0 Å². The van der Waals surface area contributed by atoms with Gasteiger partial charge in [0.15, 0.2) is 0 Å². The number of fused-ring (bicyclic) bond motifs is 1. The van der Waals surface area contributed by atoms with Gasteiger partial charge in [-0.3, -0.25) is 9.69 Å². The van der Waals surface area contributed by atoms with Crippen molar-refractivity contribution in [1.29, 1.82) is 0 Å². The van der Waals surface area contributed by atoms with Crippen LogP contribution in [0.3, 0.4) is 0 Å². The summed E-state index contributed by atoms with van der Waals surface area (Å²) in [5.74, 6) is 0.322. The van der Waals surface area contributed by atoms with E-state index in [4.69, 9.17) is 0 Å². The van der Waals surface area contributed by atoms with Crippen molar-refractivity contribution in [2.75, 3.05) is 20.1 Å². The first kappa shape index (κ1) is 14.1. The molecule has 3 nitrogen and oxygen atoms in total. The number of carbonyl (C=O) groups is 1. The Morgan fingerprint density at radius 3 is 2.86 bits per heavy atom. The average Bonchev–Trinajstić information content (AvgIpc) is 2.54. The molecular formula is C18H22N2O. The Kier molecular flexibility index (Phi) is 4.20. The predicted molar refractivity (Wildman–Crippen MR) is 86.0 cm³/mol. The fraction of sp³-hybridized carbons (Fsp3) is 0.389. The highest BCUT2D eigenvalue weighted by atomic mass is 16.1. The monoisotopic (exact) mass is 282 g/mol. The minimum absolute atomic E-state index is 0.143. The molecule has 0 radical (unpaired) electrons. The molecule has 21 heavy (non-hydrogen) atoms. The maximum atomic E-state index is 11.8. The van der Waals surface area contributed by atoms with Crippen molar-refractivity contribution in [3.05, 3.63) is 48.0 Å². The second-order valence-corrected chi connectivity index (χ2v) is 5.87. The molecule has 2 aromatic carbocycles. The van der Waals surface area contributed by atoms with E-state index in [9.17, 15) is 4.79 Å². The number of benzene rings is 2. The van der Waals surface area contributed by atoms with E-state index in [2.05, 4.69) is 52.7 Å². The minimum Gasteiger partial charge on any atom is -0.359 e. The fourth-order valence-electron chi connectivity index (χ4n) is 3.21. The number of nitrogens with one attached hydrogen (secondary N) is 1. The molecule has 1 heterocycles. The van der Waals surface area contributed by atoms with E-state index in [1.54, 1.807) is 7.05 Å². The fourth-order valence-corrected chi connectivity index (χ4v) is 3.21. The van der Waals surface area contributed by atoms with Crippen molar-refractivity contribution < 1.29 is 4.79 Å². The Hall–Kier alpha value is -1.87. The third-order valence-electron chi connectivity index (χ3n) is 4.34. The van der Waals surface area contributed by atoms with E-state index in [0.29, 0.717) is 0 Å². The van der Waals surface area contributed by atoms with Gasteiger partial charge in [-0.2, -0.15) is 0 Å². The second kappa shape index (κ2) is 6.27. The van der Waals surface area contributed by atoms with Gasteiger partial charge in [0.2, 0.25) is 5.91 Å². The van der Waals surface area contributed by atoms with E-state index in [0.717, 1.165) is 32.5 Å². The van der Waals surface area contributed by atoms with Crippen LogP contribution >= 0.6 is 0 Å². The summed E-state index contributed by atoms with van der Waals surface area (Å²) in [6.45, 7) is 2.88. The standard InChI is InChI=1S/C18H22N2O/c1-19-18(21)17-7-4-10-20(13-17)12-14-8-9-15-5-2-3-6-16(15)11-14/h2-3,5-6,8-9,11,17H,4,7,10,12-13H2,1H3,(H,19,21). The topological polar surface area (TPSA) is 32.3 Å². The van der Waals surface area contributed by atoms with Crippen molar-refractivity contribution in [2.24, 2.45) is 5.92 Å². The van der Waals surface area contributed by atoms with E-state index < -0.39 is 0 Å². The van der Waals surface area contributed by atoms with Gasteiger partial charge in [0, 0.05) is 20.1 Å². The Morgan fingerprint density at radius 2 is 2.05 bits per heavy atom. The molecule has 1 atom stereocenters. The highest BCUT2D eigenvalue weighted by Crippen LogP contribution is 2.21. The predicted octanol–water partition coefficient (Wildman–Crippen LogP) is 2.80. The molecule has 1 aliphatic rings. The normalized spacial score (nSPS) is 19.6. The molecule has 1 aliphatic heterocycles. The maximum absolute atomic E-state index is 11.8. The van der Waals surface area contributed by atoms with Crippen LogP contribution in [0.1, 0.15) is 18.4 Å². The maximum Gasteiger partial charge on any atom is 0.224 e. The van der Waals surface area contributed by atoms with Gasteiger partial charge in [-0.05, 0) is 41.8 Å². The van der Waals surface area contributed by atoms with Gasteiger partial charge in [0.25, 0.3) is 0 Å². The van der Waals surface area contributed by atoms with Crippen LogP contribution in [0.5, 0.6) is 0 Å². The van der Waals surface area contributed by atoms with E-state index >= 15 is 0 Å². The van der Waals surface area contributed by atoms with Crippen molar-refractivity contribution in [1.82, 2.24) is 10.2 Å². The van der Waals surface area contributed by atoms with Gasteiger partial charge >= 0.3 is 0 Å². The lowest BCUT2D eigenvalue weighted by Crippen LogP contribution is -2.41. The second-order valence-electron chi connectivity index (χ2n) is 5.87. The van der Waals surface area contributed by atoms with Gasteiger partial charge in [0.1, 0.15) is 0 Å². The van der Waals surface area contributed by atoms with Crippen molar-refractivity contribution >= 4 is 16.7 Å². The number of rotatable bonds is 3. The quantitative estimate of drug-likeness (QED) is 0.939. The summed E-state index contributed by atoms with van der Waals surface area (Å²) in [5.41, 5.74) is 1.33. The highest BCUT2D eigenvalue weighted by molar-refractivity contribution is 5.83. The zero-order chi connectivity index (χ0) is 14.7. The summed E-state index contributed by atoms with van der Waals surface area (Å²) in [6.07, 6.45) is 2.11. The van der Waals surface area contributed by atoms with Gasteiger partial charge in [-0.1, -0.05) is 36.4 Å². The summed E-state index contributed by atoms with van der Waals surface area (Å²) in [7, 11) is 1.73. The van der Waals surface area contributed by atoms with Crippen LogP contribution in [0.25, 0.3) is 10.8 Å². The van der Waals surface area contributed by atoms with Gasteiger partial charge < -0.3 is 5.32 Å². The van der Waals surface area contributed by atoms with Crippen molar-refractivity contribution in [3.63, 3.8) is 0 Å². The molecule has 3 rings (SSSR count). The molecular weight excluding hydrogens is 260 g/mol. The van der Waals surface area contributed by atoms with Gasteiger partial charge in [-0.15, -0.1) is 0 Å². The highest BCUT2D eigenvalue weighted by Gasteiger charge is 2.24. The number of nitrogens with zero attached hydrogens (tertiary/aromatic N) is 1. The largest absolute Gasteiger partial charge is 0.359 e. The van der Waals surface area contributed by atoms with E-state index in [-0.39, 0.29) is 11.8 Å². The van der Waals surface area contributed by atoms with E-state index in [1.165, 1.54) is 16.3 Å². The zero-order valence-corrected chi connectivity index (χ0v) is 12.5. The number of carbonyl (C=O) groups excluding carboxylic acids is 1. The molecule has 0 saturated carbocycles. The van der Waals surface area contributed by atoms with Crippen LogP contribution in [-0.4, -0.2) is 30.9 Å². The Labute approximate surface area is 125 Å². The number of piperidine rings is 1. The van der Waals surface area contributed by atoms with Crippen LogP contribution in [0, 0.1) is 5.92 Å². The molecule has 0 aliphatic carbocycles. The Balaban J connectivity index is 1.71. The molecule has 1 saturated heterocycles. The molecule has 1 unspecified atom stereocenters. The summed E-state index contributed by atoms with van der Waals surface area (Å²) >= 11 is 0. The summed E-state index contributed by atoms with van der Waals surface area (Å²) in [5, 5.41) is 5.35.